The van der Waals surface area contributed by atoms with E-state index in [2.05, 4.69) is 5.32 Å². The number of hydrogen-bond donors (Lipinski definition) is 1. The van der Waals surface area contributed by atoms with E-state index < -0.39 is 28.5 Å². The fourth-order valence-corrected chi connectivity index (χ4v) is 3.73. The lowest BCUT2D eigenvalue weighted by Crippen LogP contribution is -2.31. The quantitative estimate of drug-likeness (QED) is 0.608. The molecule has 2 rings (SSSR count). The monoisotopic (exact) mass is 434 g/mol. The molecule has 9 heteroatoms. The number of benzene rings is 2. The van der Waals surface area contributed by atoms with Gasteiger partial charge < -0.3 is 14.8 Å². The third-order valence-corrected chi connectivity index (χ3v) is 6.00. The lowest BCUT2D eigenvalue weighted by molar-refractivity contribution is -0.124. The van der Waals surface area contributed by atoms with E-state index in [1.807, 2.05) is 13.8 Å². The minimum atomic E-state index is -3.87. The molecule has 0 unspecified atom stereocenters. The number of rotatable bonds is 9. The van der Waals surface area contributed by atoms with Gasteiger partial charge in [-0.1, -0.05) is 26.0 Å². The van der Waals surface area contributed by atoms with Crippen LogP contribution >= 0.6 is 0 Å². The van der Waals surface area contributed by atoms with E-state index in [1.165, 1.54) is 38.4 Å². The van der Waals surface area contributed by atoms with Crippen molar-refractivity contribution in [2.24, 2.45) is 5.92 Å². The molecule has 1 amide bonds. The van der Waals surface area contributed by atoms with Gasteiger partial charge in [0.05, 0.1) is 23.3 Å². The summed E-state index contributed by atoms with van der Waals surface area (Å²) in [5.41, 5.74) is 0.529. The highest BCUT2D eigenvalue weighted by Gasteiger charge is 2.24. The Balaban J connectivity index is 2.08. The smallest absolute Gasteiger partial charge is 0.338 e. The molecule has 0 atom stereocenters. The Kier molecular flexibility index (Phi) is 7.82. The standard InChI is InChI=1S/C21H26N2O6S/c1-15(2)13-22-20(24)14-29-21(25)16-9-11-17(12-10-16)30(26,27)23(3)18-7-5-6-8-19(18)28-4/h5-12,15H,13-14H2,1-4H3,(H,22,24). The molecule has 8 nitrogen and oxygen atoms in total. The van der Waals surface area contributed by atoms with Crippen LogP contribution in [0, 0.1) is 5.92 Å². The van der Waals surface area contributed by atoms with E-state index in [0.717, 1.165) is 4.31 Å². The molecule has 2 aromatic carbocycles. The predicted octanol–water partition coefficient (Wildman–Crippen LogP) is 2.45. The van der Waals surface area contributed by atoms with Crippen LogP contribution in [0.1, 0.15) is 24.2 Å². The van der Waals surface area contributed by atoms with Gasteiger partial charge in [0, 0.05) is 13.6 Å². The highest BCUT2D eigenvalue weighted by molar-refractivity contribution is 7.92. The molecule has 30 heavy (non-hydrogen) atoms. The second kappa shape index (κ2) is 10.1. The Morgan fingerprint density at radius 2 is 1.70 bits per heavy atom. The second-order valence-corrected chi connectivity index (χ2v) is 8.91. The van der Waals surface area contributed by atoms with Crippen molar-refractivity contribution in [3.63, 3.8) is 0 Å². The third-order valence-electron chi connectivity index (χ3n) is 4.21. The summed E-state index contributed by atoms with van der Waals surface area (Å²) < 4.78 is 37.2. The van der Waals surface area contributed by atoms with Crippen molar-refractivity contribution < 1.29 is 27.5 Å². The molecule has 0 bridgehead atoms. The first-order valence-electron chi connectivity index (χ1n) is 9.32. The van der Waals surface area contributed by atoms with Crippen LogP contribution in [0.15, 0.2) is 53.4 Å². The Labute approximate surface area is 176 Å². The highest BCUT2D eigenvalue weighted by atomic mass is 32.2. The third kappa shape index (κ3) is 5.73. The molecule has 162 valence electrons. The van der Waals surface area contributed by atoms with Gasteiger partial charge >= 0.3 is 5.97 Å². The van der Waals surface area contributed by atoms with Gasteiger partial charge in [-0.3, -0.25) is 9.10 Å². The second-order valence-electron chi connectivity index (χ2n) is 6.94. The topological polar surface area (TPSA) is 102 Å². The van der Waals surface area contributed by atoms with Crippen LogP contribution in [0.25, 0.3) is 0 Å². The minimum Gasteiger partial charge on any atom is -0.495 e. The average molecular weight is 435 g/mol. The van der Waals surface area contributed by atoms with Gasteiger partial charge in [0.15, 0.2) is 6.61 Å². The Morgan fingerprint density at radius 1 is 1.07 bits per heavy atom. The zero-order valence-electron chi connectivity index (χ0n) is 17.4. The predicted molar refractivity (Wildman–Crippen MR) is 113 cm³/mol. The normalized spacial score (nSPS) is 11.1. The summed E-state index contributed by atoms with van der Waals surface area (Å²) in [4.78, 5) is 23.8. The first-order chi connectivity index (χ1) is 14.2. The summed E-state index contributed by atoms with van der Waals surface area (Å²) in [6, 6.07) is 12.1. The zero-order chi connectivity index (χ0) is 22.3. The summed E-state index contributed by atoms with van der Waals surface area (Å²) in [6.07, 6.45) is 0. The number of para-hydroxylation sites is 2. The number of esters is 1. The first-order valence-corrected chi connectivity index (χ1v) is 10.8. The summed E-state index contributed by atoms with van der Waals surface area (Å²) in [5, 5.41) is 2.64. The van der Waals surface area contributed by atoms with Crippen molar-refractivity contribution in [3.8, 4) is 5.75 Å². The number of methoxy groups -OCH3 is 1. The maximum absolute atomic E-state index is 12.9. The molecule has 0 fully saturated rings. The van der Waals surface area contributed by atoms with Crippen molar-refractivity contribution in [2.45, 2.75) is 18.7 Å². The van der Waals surface area contributed by atoms with Crippen LogP contribution < -0.4 is 14.4 Å². The van der Waals surface area contributed by atoms with Crippen LogP contribution in [0.4, 0.5) is 5.69 Å². The van der Waals surface area contributed by atoms with Crippen molar-refractivity contribution in [2.75, 3.05) is 31.6 Å². The number of ether oxygens (including phenoxy) is 2. The van der Waals surface area contributed by atoms with E-state index in [-0.39, 0.29) is 16.4 Å². The number of nitrogens with zero attached hydrogens (tertiary/aromatic N) is 1. The van der Waals surface area contributed by atoms with Crippen molar-refractivity contribution in [1.29, 1.82) is 0 Å². The SMILES string of the molecule is COc1ccccc1N(C)S(=O)(=O)c1ccc(C(=O)OCC(=O)NCC(C)C)cc1. The van der Waals surface area contributed by atoms with Gasteiger partial charge in [-0.2, -0.15) is 0 Å². The largest absolute Gasteiger partial charge is 0.495 e. The average Bonchev–Trinajstić information content (AvgIpc) is 2.75. The molecule has 1 N–H and O–H groups in total. The summed E-state index contributed by atoms with van der Waals surface area (Å²) >= 11 is 0. The minimum absolute atomic E-state index is 0.00197. The zero-order valence-corrected chi connectivity index (χ0v) is 18.2. The van der Waals surface area contributed by atoms with Crippen molar-refractivity contribution in [1.82, 2.24) is 5.32 Å². The van der Waals surface area contributed by atoms with E-state index in [4.69, 9.17) is 9.47 Å². The maximum Gasteiger partial charge on any atom is 0.338 e. The summed E-state index contributed by atoms with van der Waals surface area (Å²) in [7, 11) is -0.988. The summed E-state index contributed by atoms with van der Waals surface area (Å²) in [6.45, 7) is 3.99. The molecular weight excluding hydrogens is 408 g/mol. The van der Waals surface area contributed by atoms with E-state index >= 15 is 0 Å². The van der Waals surface area contributed by atoms with Gasteiger partial charge in [-0.05, 0) is 42.3 Å². The number of anilines is 1. The summed E-state index contributed by atoms with van der Waals surface area (Å²) in [5.74, 6) is -0.404. The van der Waals surface area contributed by atoms with E-state index in [9.17, 15) is 18.0 Å². The van der Waals surface area contributed by atoms with Gasteiger partial charge in [0.1, 0.15) is 5.75 Å². The fraction of sp³-hybridized carbons (Fsp3) is 0.333. The van der Waals surface area contributed by atoms with E-state index in [0.29, 0.717) is 18.0 Å². The number of sulfonamides is 1. The lowest BCUT2D eigenvalue weighted by atomic mass is 10.2. The van der Waals surface area contributed by atoms with Crippen LogP contribution in [-0.4, -0.2) is 47.6 Å². The molecule has 0 saturated carbocycles. The van der Waals surface area contributed by atoms with E-state index in [1.54, 1.807) is 24.3 Å². The molecule has 0 saturated heterocycles. The molecule has 0 aliphatic heterocycles. The maximum atomic E-state index is 12.9. The van der Waals surface area contributed by atoms with Gasteiger partial charge in [-0.25, -0.2) is 13.2 Å². The first kappa shape index (κ1) is 23.2. The highest BCUT2D eigenvalue weighted by Crippen LogP contribution is 2.30. The molecule has 0 aromatic heterocycles. The molecule has 0 radical (unpaired) electrons. The molecule has 0 aliphatic carbocycles. The van der Waals surface area contributed by atoms with Gasteiger partial charge in [0.25, 0.3) is 15.9 Å². The number of nitrogens with one attached hydrogen (secondary N) is 1. The van der Waals surface area contributed by atoms with Crippen LogP contribution in [0.3, 0.4) is 0 Å². The molecule has 0 spiro atoms. The molecule has 0 aliphatic rings. The number of amides is 1. The Morgan fingerprint density at radius 3 is 2.30 bits per heavy atom. The van der Waals surface area contributed by atoms with Crippen LogP contribution in [0.5, 0.6) is 5.75 Å². The lowest BCUT2D eigenvalue weighted by Gasteiger charge is -2.21. The van der Waals surface area contributed by atoms with Gasteiger partial charge in [-0.15, -0.1) is 0 Å². The number of carbonyl (C=O) groups is 2. The fourth-order valence-electron chi connectivity index (χ4n) is 2.52. The van der Waals surface area contributed by atoms with Crippen molar-refractivity contribution in [3.05, 3.63) is 54.1 Å². The van der Waals surface area contributed by atoms with Crippen LogP contribution in [-0.2, 0) is 19.6 Å². The number of carbonyl (C=O) groups excluding carboxylic acids is 2. The van der Waals surface area contributed by atoms with Crippen molar-refractivity contribution >= 4 is 27.6 Å². The Hall–Kier alpha value is -3.07. The van der Waals surface area contributed by atoms with Crippen LogP contribution in [0.2, 0.25) is 0 Å². The Bertz CT molecular complexity index is 987. The van der Waals surface area contributed by atoms with Gasteiger partial charge in [0.2, 0.25) is 0 Å². The molecule has 0 heterocycles. The number of hydrogen-bond acceptors (Lipinski definition) is 6. The molecular formula is C21H26N2O6S. The molecule has 2 aromatic rings.